The van der Waals surface area contributed by atoms with Crippen molar-refractivity contribution in [2.24, 2.45) is 5.92 Å². The molecule has 1 aromatic heterocycles. The van der Waals surface area contributed by atoms with Crippen molar-refractivity contribution in [3.8, 4) is 5.75 Å². The van der Waals surface area contributed by atoms with Gasteiger partial charge in [-0.2, -0.15) is 9.40 Å². The highest BCUT2D eigenvalue weighted by atomic mass is 32.2. The van der Waals surface area contributed by atoms with Crippen LogP contribution in [0.5, 0.6) is 5.75 Å². The van der Waals surface area contributed by atoms with Crippen LogP contribution in [-0.2, 0) is 21.2 Å². The molecule has 2 aromatic carbocycles. The van der Waals surface area contributed by atoms with E-state index in [0.29, 0.717) is 22.3 Å². The van der Waals surface area contributed by atoms with Crippen molar-refractivity contribution in [1.82, 2.24) is 14.1 Å². The molecule has 0 amide bonds. The third-order valence-electron chi connectivity index (χ3n) is 5.72. The molecule has 0 unspecified atom stereocenters. The predicted octanol–water partition coefficient (Wildman–Crippen LogP) is 3.59. The van der Waals surface area contributed by atoms with E-state index in [2.05, 4.69) is 5.10 Å². The number of carbonyl (C=O) groups excluding carboxylic acids is 1. The molecule has 0 bridgehead atoms. The molecular formula is C23H26FN3O4S. The zero-order valence-corrected chi connectivity index (χ0v) is 19.0. The van der Waals surface area contributed by atoms with Crippen LogP contribution >= 0.6 is 0 Å². The molecule has 7 nitrogen and oxygen atoms in total. The summed E-state index contributed by atoms with van der Waals surface area (Å²) < 4.78 is 49.8. The van der Waals surface area contributed by atoms with Crippen molar-refractivity contribution < 1.29 is 22.3 Å². The van der Waals surface area contributed by atoms with Crippen LogP contribution in [0.2, 0.25) is 0 Å². The van der Waals surface area contributed by atoms with Crippen molar-refractivity contribution in [2.45, 2.75) is 44.2 Å². The van der Waals surface area contributed by atoms with Gasteiger partial charge in [-0.3, -0.25) is 4.68 Å². The number of carbonyl (C=O) groups is 1. The minimum absolute atomic E-state index is 0.00829. The molecule has 1 aliphatic heterocycles. The third-order valence-corrected chi connectivity index (χ3v) is 7.56. The topological polar surface area (TPSA) is 81.5 Å². The van der Waals surface area contributed by atoms with Gasteiger partial charge in [0, 0.05) is 24.9 Å². The molecule has 0 N–H and O–H groups in total. The fraction of sp³-hybridized carbons (Fsp3) is 0.391. The number of sulfonamides is 1. The largest absolute Gasteiger partial charge is 0.491 e. The van der Waals surface area contributed by atoms with E-state index in [4.69, 9.17) is 4.74 Å². The molecule has 0 aliphatic carbocycles. The summed E-state index contributed by atoms with van der Waals surface area (Å²) in [6.07, 6.45) is 0.797. The van der Waals surface area contributed by atoms with E-state index < -0.39 is 15.8 Å². The number of aromatic nitrogens is 2. The first kappa shape index (κ1) is 22.4. The van der Waals surface area contributed by atoms with Gasteiger partial charge >= 0.3 is 0 Å². The lowest BCUT2D eigenvalue weighted by Crippen LogP contribution is -2.29. The average Bonchev–Trinajstić information content (AvgIpc) is 3.30. The predicted molar refractivity (Wildman–Crippen MR) is 119 cm³/mol. The highest BCUT2D eigenvalue weighted by molar-refractivity contribution is 7.89. The van der Waals surface area contributed by atoms with Gasteiger partial charge in [-0.1, -0.05) is 19.1 Å². The van der Waals surface area contributed by atoms with Crippen LogP contribution in [0.25, 0.3) is 10.9 Å². The molecule has 32 heavy (non-hydrogen) atoms. The normalized spacial score (nSPS) is 19.7. The number of aldehydes is 1. The van der Waals surface area contributed by atoms with Crippen molar-refractivity contribution >= 4 is 27.2 Å². The fourth-order valence-electron chi connectivity index (χ4n) is 4.22. The van der Waals surface area contributed by atoms with Crippen molar-refractivity contribution in [3.05, 3.63) is 54.0 Å². The molecule has 0 radical (unpaired) electrons. The van der Waals surface area contributed by atoms with Crippen molar-refractivity contribution in [3.63, 3.8) is 0 Å². The Hall–Kier alpha value is -2.78. The van der Waals surface area contributed by atoms with Crippen LogP contribution in [0.3, 0.4) is 0 Å². The quantitative estimate of drug-likeness (QED) is 0.505. The van der Waals surface area contributed by atoms with Crippen molar-refractivity contribution in [1.29, 1.82) is 0 Å². The Morgan fingerprint density at radius 2 is 1.91 bits per heavy atom. The van der Waals surface area contributed by atoms with Gasteiger partial charge in [0.25, 0.3) is 0 Å². The van der Waals surface area contributed by atoms with E-state index in [1.165, 1.54) is 22.5 Å². The van der Waals surface area contributed by atoms with Crippen LogP contribution in [0.4, 0.5) is 4.39 Å². The molecule has 0 spiro atoms. The summed E-state index contributed by atoms with van der Waals surface area (Å²) in [5.74, 6) is 0.0642. The summed E-state index contributed by atoms with van der Waals surface area (Å²) in [4.78, 5) is 11.3. The fourth-order valence-corrected chi connectivity index (χ4v) is 5.78. The minimum Gasteiger partial charge on any atom is -0.491 e. The standard InChI is InChI=1S/C23H26FN3O4S/c1-15(2)31-17-7-9-18(10-8-17)32(29,30)26-13-16(3)22(14-26)27-23-19(5-4-6-20(23)24)21(25-27)11-12-28/h4-10,12,15-16,22H,11,13-14H2,1-3H3/t16-,22+/m1/s1. The van der Waals surface area contributed by atoms with E-state index in [-0.39, 0.29) is 42.5 Å². The number of halogens is 1. The lowest BCUT2D eigenvalue weighted by atomic mass is 10.1. The zero-order valence-electron chi connectivity index (χ0n) is 18.2. The Kier molecular flexibility index (Phi) is 6.05. The van der Waals surface area contributed by atoms with Gasteiger partial charge in [0.15, 0.2) is 0 Å². The molecule has 1 aliphatic rings. The van der Waals surface area contributed by atoms with Gasteiger partial charge in [0.05, 0.1) is 22.7 Å². The van der Waals surface area contributed by atoms with Crippen LogP contribution in [0, 0.1) is 11.7 Å². The van der Waals surface area contributed by atoms with Crippen molar-refractivity contribution in [2.75, 3.05) is 13.1 Å². The number of para-hydroxylation sites is 1. The molecule has 0 saturated carbocycles. The highest BCUT2D eigenvalue weighted by Gasteiger charge is 2.39. The molecule has 170 valence electrons. The van der Waals surface area contributed by atoms with Gasteiger partial charge in [-0.25, -0.2) is 12.8 Å². The molecule has 3 aromatic rings. The number of rotatable bonds is 7. The summed E-state index contributed by atoms with van der Waals surface area (Å²) in [6.45, 7) is 6.18. The first-order valence-electron chi connectivity index (χ1n) is 10.6. The molecule has 1 fully saturated rings. The average molecular weight is 460 g/mol. The first-order chi connectivity index (χ1) is 15.2. The molecule has 2 heterocycles. The number of hydrogen-bond donors (Lipinski definition) is 0. The van der Waals surface area contributed by atoms with Crippen LogP contribution in [0.15, 0.2) is 47.4 Å². The second-order valence-corrected chi connectivity index (χ2v) is 10.3. The Labute approximate surface area is 186 Å². The molecule has 2 atom stereocenters. The molecule has 1 saturated heterocycles. The Balaban J connectivity index is 1.65. The summed E-state index contributed by atoms with van der Waals surface area (Å²) in [7, 11) is -3.74. The van der Waals surface area contributed by atoms with Gasteiger partial charge in [-0.15, -0.1) is 0 Å². The lowest BCUT2D eigenvalue weighted by molar-refractivity contribution is -0.107. The smallest absolute Gasteiger partial charge is 0.243 e. The maximum atomic E-state index is 14.7. The van der Waals surface area contributed by atoms with Gasteiger partial charge in [0.1, 0.15) is 23.4 Å². The second-order valence-electron chi connectivity index (χ2n) is 8.40. The van der Waals surface area contributed by atoms with E-state index in [0.717, 1.165) is 6.29 Å². The maximum Gasteiger partial charge on any atom is 0.243 e. The van der Waals surface area contributed by atoms with Crippen LogP contribution in [0.1, 0.15) is 32.5 Å². The lowest BCUT2D eigenvalue weighted by Gasteiger charge is -2.18. The number of hydrogen-bond acceptors (Lipinski definition) is 5. The Bertz CT molecular complexity index is 1240. The summed E-state index contributed by atoms with van der Waals surface area (Å²) in [6, 6.07) is 10.7. The highest BCUT2D eigenvalue weighted by Crippen LogP contribution is 2.35. The Morgan fingerprint density at radius 3 is 2.56 bits per heavy atom. The second kappa shape index (κ2) is 8.63. The number of fused-ring (bicyclic) bond motifs is 1. The monoisotopic (exact) mass is 459 g/mol. The van der Waals surface area contributed by atoms with E-state index in [1.807, 2.05) is 20.8 Å². The van der Waals surface area contributed by atoms with E-state index in [1.54, 1.807) is 28.9 Å². The first-order valence-corrected chi connectivity index (χ1v) is 12.0. The third kappa shape index (κ3) is 4.02. The van der Waals surface area contributed by atoms with Gasteiger partial charge in [-0.05, 0) is 50.1 Å². The number of nitrogens with zero attached hydrogens (tertiary/aromatic N) is 3. The molecular weight excluding hydrogens is 433 g/mol. The molecule has 4 rings (SSSR count). The van der Waals surface area contributed by atoms with Crippen LogP contribution in [-0.4, -0.2) is 48.0 Å². The van der Waals surface area contributed by atoms with E-state index >= 15 is 0 Å². The van der Waals surface area contributed by atoms with Crippen LogP contribution < -0.4 is 4.74 Å². The Morgan fingerprint density at radius 1 is 1.19 bits per heavy atom. The SMILES string of the molecule is CC(C)Oc1ccc(S(=O)(=O)N2C[C@@H](C)[C@@H](n3nc(CC=O)c4cccc(F)c43)C2)cc1. The maximum absolute atomic E-state index is 14.7. The number of ether oxygens (including phenoxy) is 1. The van der Waals surface area contributed by atoms with Gasteiger partial charge < -0.3 is 9.53 Å². The van der Waals surface area contributed by atoms with E-state index in [9.17, 15) is 17.6 Å². The summed E-state index contributed by atoms with van der Waals surface area (Å²) >= 11 is 0. The summed E-state index contributed by atoms with van der Waals surface area (Å²) in [5, 5.41) is 5.08. The summed E-state index contributed by atoms with van der Waals surface area (Å²) in [5.41, 5.74) is 0.791. The van der Waals surface area contributed by atoms with Gasteiger partial charge in [0.2, 0.25) is 10.0 Å². The number of benzene rings is 2. The zero-order chi connectivity index (χ0) is 23.0. The minimum atomic E-state index is -3.74. The molecule has 9 heteroatoms.